The van der Waals surface area contributed by atoms with Crippen LogP contribution < -0.4 is 5.73 Å². The molecule has 22 heavy (non-hydrogen) atoms. The van der Waals surface area contributed by atoms with Crippen molar-refractivity contribution in [2.75, 3.05) is 0 Å². The maximum absolute atomic E-state index is 12.7. The predicted molar refractivity (Wildman–Crippen MR) is 85.3 cm³/mol. The van der Waals surface area contributed by atoms with E-state index in [4.69, 9.17) is 5.73 Å². The lowest BCUT2D eigenvalue weighted by molar-refractivity contribution is 0.0751. The highest BCUT2D eigenvalue weighted by atomic mass is 16.3. The third-order valence-electron chi connectivity index (χ3n) is 4.07. The summed E-state index contributed by atoms with van der Waals surface area (Å²) < 4.78 is 0. The van der Waals surface area contributed by atoms with Crippen molar-refractivity contribution < 1.29 is 9.90 Å². The van der Waals surface area contributed by atoms with Crippen LogP contribution in [0.25, 0.3) is 0 Å². The molecule has 1 aliphatic rings. The Kier molecular flexibility index (Phi) is 3.41. The van der Waals surface area contributed by atoms with E-state index in [9.17, 15) is 9.90 Å². The van der Waals surface area contributed by atoms with Gasteiger partial charge in [-0.2, -0.15) is 0 Å². The molecule has 0 saturated heterocycles. The number of phenolic OH excluding ortho intramolecular Hbond substituents is 1. The van der Waals surface area contributed by atoms with Gasteiger partial charge in [-0.15, -0.1) is 0 Å². The molecule has 4 heteroatoms. The molecule has 1 amide bonds. The molecule has 0 bridgehead atoms. The number of nitrogens with two attached hydrogens (primary N) is 1. The topological polar surface area (TPSA) is 66.6 Å². The average Bonchev–Trinajstić information content (AvgIpc) is 2.89. The number of hydrogen-bond acceptors (Lipinski definition) is 3. The van der Waals surface area contributed by atoms with E-state index in [1.165, 1.54) is 11.1 Å². The predicted octanol–water partition coefficient (Wildman–Crippen LogP) is 2.74. The maximum Gasteiger partial charge on any atom is 0.254 e. The fourth-order valence-electron chi connectivity index (χ4n) is 2.84. The zero-order valence-corrected chi connectivity index (χ0v) is 12.8. The van der Waals surface area contributed by atoms with Crippen molar-refractivity contribution in [2.45, 2.75) is 32.5 Å². The molecule has 114 valence electrons. The Balaban J connectivity index is 1.88. The van der Waals surface area contributed by atoms with E-state index in [-0.39, 0.29) is 11.7 Å². The van der Waals surface area contributed by atoms with Gasteiger partial charge >= 0.3 is 0 Å². The van der Waals surface area contributed by atoms with Gasteiger partial charge in [0.15, 0.2) is 0 Å². The summed E-state index contributed by atoms with van der Waals surface area (Å²) in [5.74, 6) is 0.0791. The minimum Gasteiger partial charge on any atom is -0.508 e. The Bertz CT molecular complexity index is 707. The molecule has 0 radical (unpaired) electrons. The van der Waals surface area contributed by atoms with Crippen LogP contribution in [0, 0.1) is 0 Å². The number of aromatic hydroxyl groups is 1. The second kappa shape index (κ2) is 5.14. The van der Waals surface area contributed by atoms with Gasteiger partial charge in [0.2, 0.25) is 0 Å². The summed E-state index contributed by atoms with van der Waals surface area (Å²) >= 11 is 0. The molecule has 1 aliphatic heterocycles. The molecule has 0 aromatic heterocycles. The number of carbonyl (C=O) groups excluding carboxylic acids is 1. The van der Waals surface area contributed by atoms with Crippen molar-refractivity contribution in [3.63, 3.8) is 0 Å². The normalized spacial score (nSPS) is 14.0. The van der Waals surface area contributed by atoms with E-state index < -0.39 is 5.54 Å². The molecule has 0 atom stereocenters. The first-order chi connectivity index (χ1) is 10.4. The Morgan fingerprint density at radius 2 is 1.73 bits per heavy atom. The fourth-order valence-corrected chi connectivity index (χ4v) is 2.84. The van der Waals surface area contributed by atoms with Crippen LogP contribution >= 0.6 is 0 Å². The number of rotatable bonds is 2. The van der Waals surface area contributed by atoms with Crippen LogP contribution in [-0.2, 0) is 18.6 Å². The van der Waals surface area contributed by atoms with Gasteiger partial charge in [0.1, 0.15) is 5.75 Å². The molecular weight excluding hydrogens is 276 g/mol. The van der Waals surface area contributed by atoms with Crippen LogP contribution in [0.4, 0.5) is 0 Å². The number of fused-ring (bicyclic) bond motifs is 1. The lowest BCUT2D eigenvalue weighted by atomic mass is 9.93. The van der Waals surface area contributed by atoms with E-state index >= 15 is 0 Å². The van der Waals surface area contributed by atoms with Crippen molar-refractivity contribution in [1.29, 1.82) is 0 Å². The Labute approximate surface area is 130 Å². The van der Waals surface area contributed by atoms with E-state index in [0.29, 0.717) is 24.2 Å². The molecular formula is C18H20N2O2. The van der Waals surface area contributed by atoms with Gasteiger partial charge in [-0.05, 0) is 43.2 Å². The smallest absolute Gasteiger partial charge is 0.254 e. The van der Waals surface area contributed by atoms with Gasteiger partial charge in [-0.3, -0.25) is 4.79 Å². The molecule has 3 rings (SSSR count). The molecule has 3 N–H and O–H groups in total. The van der Waals surface area contributed by atoms with Crippen molar-refractivity contribution in [3.8, 4) is 5.75 Å². The van der Waals surface area contributed by atoms with E-state index in [0.717, 1.165) is 0 Å². The maximum atomic E-state index is 12.7. The molecule has 1 heterocycles. The van der Waals surface area contributed by atoms with Crippen molar-refractivity contribution in [2.24, 2.45) is 5.73 Å². The van der Waals surface area contributed by atoms with Crippen molar-refractivity contribution >= 4 is 5.91 Å². The van der Waals surface area contributed by atoms with Crippen LogP contribution in [0.1, 0.15) is 40.9 Å². The van der Waals surface area contributed by atoms with E-state index in [1.54, 1.807) is 18.2 Å². The van der Waals surface area contributed by atoms with Crippen LogP contribution in [0.5, 0.6) is 5.75 Å². The van der Waals surface area contributed by atoms with Gasteiger partial charge in [-0.1, -0.05) is 24.3 Å². The molecule has 0 fully saturated rings. The van der Waals surface area contributed by atoms with E-state index in [2.05, 4.69) is 0 Å². The van der Waals surface area contributed by atoms with Crippen LogP contribution in [0.15, 0.2) is 42.5 Å². The highest BCUT2D eigenvalue weighted by Gasteiger charge is 2.26. The molecule has 2 aromatic carbocycles. The molecule has 0 unspecified atom stereocenters. The lowest BCUT2D eigenvalue weighted by Gasteiger charge is -2.22. The number of carbonyl (C=O) groups is 1. The zero-order valence-electron chi connectivity index (χ0n) is 12.8. The van der Waals surface area contributed by atoms with Crippen LogP contribution in [-0.4, -0.2) is 15.9 Å². The van der Waals surface area contributed by atoms with Crippen LogP contribution in [0.3, 0.4) is 0 Å². The number of amides is 1. The summed E-state index contributed by atoms with van der Waals surface area (Å²) in [5, 5.41) is 9.95. The summed E-state index contributed by atoms with van der Waals surface area (Å²) in [5.41, 5.74) is 8.88. The monoisotopic (exact) mass is 296 g/mol. The van der Waals surface area contributed by atoms with Crippen LogP contribution in [0.2, 0.25) is 0 Å². The summed E-state index contributed by atoms with van der Waals surface area (Å²) in [7, 11) is 0. The number of nitrogens with zero attached hydrogens (tertiary/aromatic N) is 1. The average molecular weight is 296 g/mol. The first-order valence-corrected chi connectivity index (χ1v) is 7.34. The highest BCUT2D eigenvalue weighted by molar-refractivity contribution is 5.95. The Morgan fingerprint density at radius 1 is 1.14 bits per heavy atom. The minimum atomic E-state index is -0.700. The zero-order chi connectivity index (χ0) is 15.9. The Hall–Kier alpha value is -2.33. The molecule has 2 aromatic rings. The van der Waals surface area contributed by atoms with Crippen molar-refractivity contribution in [1.82, 2.24) is 4.90 Å². The summed E-state index contributed by atoms with van der Waals surface area (Å²) in [6, 6.07) is 13.0. The number of benzene rings is 2. The Morgan fingerprint density at radius 3 is 2.27 bits per heavy atom. The lowest BCUT2D eigenvalue weighted by Crippen LogP contribution is -2.30. The van der Waals surface area contributed by atoms with Crippen molar-refractivity contribution in [3.05, 3.63) is 64.7 Å². The van der Waals surface area contributed by atoms with Gasteiger partial charge in [0, 0.05) is 29.8 Å². The molecule has 0 aliphatic carbocycles. The standard InChI is InChI=1S/C18H20N2O2/c1-18(2,19)15-9-12(7-8-16(15)21)17(22)20-10-13-5-3-4-6-14(13)11-20/h3-9,21H,10-11,19H2,1-2H3. The second-order valence-electron chi connectivity index (χ2n) is 6.38. The van der Waals surface area contributed by atoms with Gasteiger partial charge in [0.25, 0.3) is 5.91 Å². The highest BCUT2D eigenvalue weighted by Crippen LogP contribution is 2.30. The minimum absolute atomic E-state index is 0.0401. The fraction of sp³-hybridized carbons (Fsp3) is 0.278. The number of phenols is 1. The van der Waals surface area contributed by atoms with Gasteiger partial charge in [-0.25, -0.2) is 0 Å². The summed E-state index contributed by atoms with van der Waals surface area (Å²) in [6.07, 6.45) is 0. The third-order valence-corrected chi connectivity index (χ3v) is 4.07. The third kappa shape index (κ3) is 2.57. The molecule has 0 saturated carbocycles. The largest absolute Gasteiger partial charge is 0.508 e. The summed E-state index contributed by atoms with van der Waals surface area (Å²) in [4.78, 5) is 14.5. The van der Waals surface area contributed by atoms with Gasteiger partial charge in [0.05, 0.1) is 0 Å². The van der Waals surface area contributed by atoms with E-state index in [1.807, 2.05) is 43.0 Å². The molecule has 4 nitrogen and oxygen atoms in total. The SMILES string of the molecule is CC(C)(N)c1cc(C(=O)N2Cc3ccccc3C2)ccc1O. The molecule has 0 spiro atoms. The first kappa shape index (κ1) is 14.6. The quantitative estimate of drug-likeness (QED) is 0.895. The van der Waals surface area contributed by atoms with Gasteiger partial charge < -0.3 is 15.7 Å². The number of hydrogen-bond donors (Lipinski definition) is 2. The first-order valence-electron chi connectivity index (χ1n) is 7.34. The second-order valence-corrected chi connectivity index (χ2v) is 6.38. The summed E-state index contributed by atoms with van der Waals surface area (Å²) in [6.45, 7) is 4.86.